The van der Waals surface area contributed by atoms with Crippen molar-refractivity contribution in [3.63, 3.8) is 0 Å². The largest absolute Gasteiger partial charge is 0.354 e. The third-order valence-corrected chi connectivity index (χ3v) is 3.69. The van der Waals surface area contributed by atoms with Gasteiger partial charge in [0.05, 0.1) is 0 Å². The molecule has 0 unspecified atom stereocenters. The normalized spacial score (nSPS) is 16.0. The summed E-state index contributed by atoms with van der Waals surface area (Å²) in [6, 6.07) is 0. The smallest absolute Gasteiger partial charge is 0.231 e. The Morgan fingerprint density at radius 3 is 2.16 bits per heavy atom. The SMILES string of the molecule is CCNc1nc(NCC2(CC)CC2)nc(N(C)C)n1. The lowest BCUT2D eigenvalue weighted by molar-refractivity contribution is 0.519. The van der Waals surface area contributed by atoms with Crippen molar-refractivity contribution in [1.29, 1.82) is 0 Å². The molecule has 0 spiro atoms. The molecular formula is C13H24N6. The van der Waals surface area contributed by atoms with Crippen LogP contribution in [0.2, 0.25) is 0 Å². The molecule has 2 rings (SSSR count). The number of rotatable bonds is 7. The summed E-state index contributed by atoms with van der Waals surface area (Å²) in [5.41, 5.74) is 0.475. The van der Waals surface area contributed by atoms with Gasteiger partial charge in [0.15, 0.2) is 0 Å². The van der Waals surface area contributed by atoms with Gasteiger partial charge in [0.2, 0.25) is 17.8 Å². The first-order chi connectivity index (χ1) is 9.08. The fourth-order valence-electron chi connectivity index (χ4n) is 1.98. The van der Waals surface area contributed by atoms with Crippen molar-refractivity contribution in [2.45, 2.75) is 33.1 Å². The molecule has 0 atom stereocenters. The standard InChI is InChI=1S/C13H24N6/c1-5-13(7-8-13)9-15-11-16-10(14-6-2)17-12(18-11)19(3)4/h5-9H2,1-4H3,(H2,14,15,16,17,18). The van der Waals surface area contributed by atoms with Crippen molar-refractivity contribution < 1.29 is 0 Å². The van der Waals surface area contributed by atoms with E-state index >= 15 is 0 Å². The fraction of sp³-hybridized carbons (Fsp3) is 0.769. The van der Waals surface area contributed by atoms with Crippen molar-refractivity contribution in [2.24, 2.45) is 5.41 Å². The third kappa shape index (κ3) is 3.45. The van der Waals surface area contributed by atoms with Crippen molar-refractivity contribution >= 4 is 17.8 Å². The third-order valence-electron chi connectivity index (χ3n) is 3.69. The first kappa shape index (κ1) is 13.8. The molecule has 0 aliphatic heterocycles. The lowest BCUT2D eigenvalue weighted by atomic mass is 10.0. The van der Waals surface area contributed by atoms with E-state index in [-0.39, 0.29) is 0 Å². The number of hydrogen-bond donors (Lipinski definition) is 2. The van der Waals surface area contributed by atoms with E-state index < -0.39 is 0 Å². The highest BCUT2D eigenvalue weighted by Gasteiger charge is 2.40. The van der Waals surface area contributed by atoms with Gasteiger partial charge in [0, 0.05) is 27.2 Å². The Balaban J connectivity index is 2.09. The zero-order valence-electron chi connectivity index (χ0n) is 12.3. The van der Waals surface area contributed by atoms with Gasteiger partial charge in [-0.2, -0.15) is 15.0 Å². The summed E-state index contributed by atoms with van der Waals surface area (Å²) in [4.78, 5) is 15.1. The molecule has 1 fully saturated rings. The van der Waals surface area contributed by atoms with E-state index in [1.54, 1.807) is 0 Å². The van der Waals surface area contributed by atoms with Crippen molar-refractivity contribution in [3.05, 3.63) is 0 Å². The van der Waals surface area contributed by atoms with E-state index in [9.17, 15) is 0 Å². The predicted molar refractivity (Wildman–Crippen MR) is 78.8 cm³/mol. The zero-order valence-corrected chi connectivity index (χ0v) is 12.3. The molecule has 6 nitrogen and oxygen atoms in total. The summed E-state index contributed by atoms with van der Waals surface area (Å²) >= 11 is 0. The molecule has 0 radical (unpaired) electrons. The summed E-state index contributed by atoms with van der Waals surface area (Å²) in [5.74, 6) is 1.97. The highest BCUT2D eigenvalue weighted by molar-refractivity contribution is 5.43. The summed E-state index contributed by atoms with van der Waals surface area (Å²) in [6.45, 7) is 6.03. The van der Waals surface area contributed by atoms with Gasteiger partial charge in [0.25, 0.3) is 0 Å². The Kier molecular flexibility index (Phi) is 4.07. The topological polar surface area (TPSA) is 66.0 Å². The maximum Gasteiger partial charge on any atom is 0.231 e. The van der Waals surface area contributed by atoms with Crippen molar-refractivity contribution in [2.75, 3.05) is 42.7 Å². The fourth-order valence-corrected chi connectivity index (χ4v) is 1.98. The summed E-state index contributed by atoms with van der Waals surface area (Å²) < 4.78 is 0. The Labute approximate surface area is 115 Å². The summed E-state index contributed by atoms with van der Waals surface area (Å²) in [7, 11) is 3.87. The van der Waals surface area contributed by atoms with Crippen LogP contribution in [0.1, 0.15) is 33.1 Å². The van der Waals surface area contributed by atoms with Crippen LogP contribution < -0.4 is 15.5 Å². The number of hydrogen-bond acceptors (Lipinski definition) is 6. The minimum absolute atomic E-state index is 0.475. The maximum absolute atomic E-state index is 4.43. The summed E-state index contributed by atoms with van der Waals surface area (Å²) in [6.07, 6.45) is 3.83. The van der Waals surface area contributed by atoms with E-state index in [1.165, 1.54) is 19.3 Å². The maximum atomic E-state index is 4.43. The van der Waals surface area contributed by atoms with E-state index in [0.717, 1.165) is 13.1 Å². The second-order valence-electron chi connectivity index (χ2n) is 5.41. The molecule has 1 aromatic heterocycles. The van der Waals surface area contributed by atoms with Gasteiger partial charge < -0.3 is 15.5 Å². The molecular weight excluding hydrogens is 240 g/mol. The van der Waals surface area contributed by atoms with Gasteiger partial charge in [-0.1, -0.05) is 6.92 Å². The molecule has 6 heteroatoms. The molecule has 1 heterocycles. The molecule has 0 amide bonds. The molecule has 1 aliphatic rings. The van der Waals surface area contributed by atoms with Gasteiger partial charge in [-0.15, -0.1) is 0 Å². The first-order valence-corrected chi connectivity index (χ1v) is 7.00. The second kappa shape index (κ2) is 5.59. The van der Waals surface area contributed by atoms with Gasteiger partial charge in [0.1, 0.15) is 0 Å². The number of aromatic nitrogens is 3. The van der Waals surface area contributed by atoms with Crippen molar-refractivity contribution in [1.82, 2.24) is 15.0 Å². The van der Waals surface area contributed by atoms with E-state index in [2.05, 4.69) is 32.5 Å². The molecule has 1 saturated carbocycles. The Hall–Kier alpha value is -1.59. The van der Waals surface area contributed by atoms with Crippen LogP contribution in [0.4, 0.5) is 17.8 Å². The zero-order chi connectivity index (χ0) is 13.9. The number of nitrogens with one attached hydrogen (secondary N) is 2. The van der Waals surface area contributed by atoms with Crippen LogP contribution in [-0.2, 0) is 0 Å². The van der Waals surface area contributed by atoms with Crippen LogP contribution in [0.15, 0.2) is 0 Å². The molecule has 2 N–H and O–H groups in total. The Morgan fingerprint density at radius 1 is 1.05 bits per heavy atom. The minimum atomic E-state index is 0.475. The van der Waals surface area contributed by atoms with Gasteiger partial charge in [-0.25, -0.2) is 0 Å². The second-order valence-corrected chi connectivity index (χ2v) is 5.41. The monoisotopic (exact) mass is 264 g/mol. The average molecular weight is 264 g/mol. The molecule has 0 saturated heterocycles. The van der Waals surface area contributed by atoms with Gasteiger partial charge in [-0.3, -0.25) is 0 Å². The Morgan fingerprint density at radius 2 is 1.68 bits per heavy atom. The number of nitrogens with zero attached hydrogens (tertiary/aromatic N) is 4. The van der Waals surface area contributed by atoms with Crippen LogP contribution in [0.3, 0.4) is 0 Å². The molecule has 1 aliphatic carbocycles. The quantitative estimate of drug-likeness (QED) is 0.785. The number of anilines is 3. The van der Waals surface area contributed by atoms with Crippen LogP contribution in [0.5, 0.6) is 0 Å². The molecule has 0 aromatic carbocycles. The molecule has 19 heavy (non-hydrogen) atoms. The Bertz CT molecular complexity index is 427. The van der Waals surface area contributed by atoms with Gasteiger partial charge >= 0.3 is 0 Å². The lowest BCUT2D eigenvalue weighted by Gasteiger charge is -2.16. The van der Waals surface area contributed by atoms with Gasteiger partial charge in [-0.05, 0) is 31.6 Å². The van der Waals surface area contributed by atoms with E-state index in [4.69, 9.17) is 0 Å². The predicted octanol–water partition coefficient (Wildman–Crippen LogP) is 1.97. The van der Waals surface area contributed by atoms with E-state index in [1.807, 2.05) is 25.9 Å². The minimum Gasteiger partial charge on any atom is -0.354 e. The van der Waals surface area contributed by atoms with Crippen LogP contribution >= 0.6 is 0 Å². The van der Waals surface area contributed by atoms with Crippen LogP contribution in [0, 0.1) is 5.41 Å². The van der Waals surface area contributed by atoms with Crippen LogP contribution in [-0.4, -0.2) is 42.1 Å². The highest BCUT2D eigenvalue weighted by Crippen LogP contribution is 2.48. The first-order valence-electron chi connectivity index (χ1n) is 7.00. The van der Waals surface area contributed by atoms with Crippen LogP contribution in [0.25, 0.3) is 0 Å². The molecule has 106 valence electrons. The lowest BCUT2D eigenvalue weighted by Crippen LogP contribution is -2.20. The average Bonchev–Trinajstić information content (AvgIpc) is 3.17. The summed E-state index contributed by atoms with van der Waals surface area (Å²) in [5, 5.41) is 6.50. The van der Waals surface area contributed by atoms with E-state index in [0.29, 0.717) is 23.3 Å². The molecule has 1 aromatic rings. The molecule has 0 bridgehead atoms. The van der Waals surface area contributed by atoms with Crippen molar-refractivity contribution in [3.8, 4) is 0 Å². The highest BCUT2D eigenvalue weighted by atomic mass is 15.3.